The second kappa shape index (κ2) is 5.55. The van der Waals surface area contributed by atoms with Crippen LogP contribution < -0.4 is 15.2 Å². The van der Waals surface area contributed by atoms with Gasteiger partial charge in [-0.3, -0.25) is 0 Å². The summed E-state index contributed by atoms with van der Waals surface area (Å²) in [5.41, 5.74) is 5.13. The second-order valence-electron chi connectivity index (χ2n) is 3.21. The number of nitrogens with one attached hydrogen (secondary N) is 1. The van der Waals surface area contributed by atoms with E-state index in [2.05, 4.69) is 9.46 Å². The van der Waals surface area contributed by atoms with E-state index in [9.17, 15) is 21.6 Å². The fraction of sp³-hybridized carbons (Fsp3) is 0.333. The Bertz CT molecular complexity index is 502. The third kappa shape index (κ3) is 4.51. The zero-order chi connectivity index (χ0) is 13.8. The maximum atomic E-state index is 12.0. The van der Waals surface area contributed by atoms with Gasteiger partial charge in [-0.2, -0.15) is 0 Å². The van der Waals surface area contributed by atoms with Gasteiger partial charge >= 0.3 is 6.36 Å². The number of benzene rings is 1. The van der Waals surface area contributed by atoms with Crippen molar-refractivity contribution in [3.63, 3.8) is 0 Å². The van der Waals surface area contributed by atoms with E-state index in [1.165, 1.54) is 0 Å². The van der Waals surface area contributed by atoms with Gasteiger partial charge < -0.3 is 10.5 Å². The number of halogens is 3. The molecule has 1 aromatic rings. The van der Waals surface area contributed by atoms with Gasteiger partial charge in [-0.05, 0) is 12.1 Å². The Morgan fingerprint density at radius 3 is 2.56 bits per heavy atom. The van der Waals surface area contributed by atoms with Gasteiger partial charge in [0.25, 0.3) is 0 Å². The topological polar surface area (TPSA) is 81.4 Å². The smallest absolute Gasteiger partial charge is 0.406 e. The molecule has 102 valence electrons. The predicted octanol–water partition coefficient (Wildman–Crippen LogP) is 0.822. The maximum absolute atomic E-state index is 12.0. The molecule has 0 spiro atoms. The highest BCUT2D eigenvalue weighted by Gasteiger charge is 2.31. The van der Waals surface area contributed by atoms with Crippen molar-refractivity contribution in [1.29, 1.82) is 0 Å². The zero-order valence-corrected chi connectivity index (χ0v) is 9.88. The van der Waals surface area contributed by atoms with E-state index in [0.29, 0.717) is 0 Å². The number of ether oxygens (including phenoxy) is 1. The minimum Gasteiger partial charge on any atom is -0.406 e. The van der Waals surface area contributed by atoms with Gasteiger partial charge in [0.2, 0.25) is 10.0 Å². The molecule has 0 unspecified atom stereocenters. The first-order valence-corrected chi connectivity index (χ1v) is 6.28. The molecule has 0 aliphatic carbocycles. The first kappa shape index (κ1) is 14.7. The second-order valence-corrected chi connectivity index (χ2v) is 4.98. The Morgan fingerprint density at radius 2 is 2.00 bits per heavy atom. The fourth-order valence-corrected chi connectivity index (χ4v) is 2.20. The van der Waals surface area contributed by atoms with Crippen LogP contribution in [0.1, 0.15) is 0 Å². The van der Waals surface area contributed by atoms with Gasteiger partial charge in [0, 0.05) is 19.2 Å². The Labute approximate surface area is 102 Å². The molecule has 0 saturated carbocycles. The number of nitrogens with two attached hydrogens (primary N) is 1. The van der Waals surface area contributed by atoms with Crippen molar-refractivity contribution in [3.05, 3.63) is 24.3 Å². The van der Waals surface area contributed by atoms with Gasteiger partial charge in [0.1, 0.15) is 5.75 Å². The van der Waals surface area contributed by atoms with Crippen molar-refractivity contribution < 1.29 is 26.3 Å². The zero-order valence-electron chi connectivity index (χ0n) is 9.07. The number of hydrogen-bond donors (Lipinski definition) is 2. The Hall–Kier alpha value is -1.32. The fourth-order valence-electron chi connectivity index (χ4n) is 1.12. The standard InChI is InChI=1S/C9H11F3N2O3S/c10-9(11,12)17-7-2-1-3-8(6-7)18(15,16)14-5-4-13/h1-3,6,14H,4-5,13H2. The van der Waals surface area contributed by atoms with E-state index in [1.807, 2.05) is 0 Å². The molecule has 5 nitrogen and oxygen atoms in total. The van der Waals surface area contributed by atoms with Crippen molar-refractivity contribution >= 4 is 10.0 Å². The summed E-state index contributed by atoms with van der Waals surface area (Å²) in [6.07, 6.45) is -4.87. The average Bonchev–Trinajstić information content (AvgIpc) is 2.24. The van der Waals surface area contributed by atoms with Crippen LogP contribution in [0.4, 0.5) is 13.2 Å². The molecule has 18 heavy (non-hydrogen) atoms. The molecular formula is C9H11F3N2O3S. The molecule has 1 rings (SSSR count). The van der Waals surface area contributed by atoms with E-state index in [-0.39, 0.29) is 18.0 Å². The van der Waals surface area contributed by atoms with Crippen molar-refractivity contribution in [2.24, 2.45) is 5.73 Å². The highest BCUT2D eigenvalue weighted by molar-refractivity contribution is 7.89. The van der Waals surface area contributed by atoms with Gasteiger partial charge in [-0.1, -0.05) is 6.07 Å². The van der Waals surface area contributed by atoms with E-state index < -0.39 is 22.1 Å². The summed E-state index contributed by atoms with van der Waals surface area (Å²) in [6, 6.07) is 4.10. The molecule has 0 aliphatic heterocycles. The van der Waals surface area contributed by atoms with Crippen LogP contribution in [0.5, 0.6) is 5.75 Å². The molecule has 0 bridgehead atoms. The third-order valence-electron chi connectivity index (χ3n) is 1.79. The Morgan fingerprint density at radius 1 is 1.33 bits per heavy atom. The van der Waals surface area contributed by atoms with E-state index in [4.69, 9.17) is 5.73 Å². The van der Waals surface area contributed by atoms with Gasteiger partial charge in [-0.15, -0.1) is 13.2 Å². The molecule has 1 aromatic carbocycles. The number of sulfonamides is 1. The Balaban J connectivity index is 2.95. The van der Waals surface area contributed by atoms with Crippen LogP contribution in [0.25, 0.3) is 0 Å². The summed E-state index contributed by atoms with van der Waals surface area (Å²) in [7, 11) is -3.88. The molecule has 0 radical (unpaired) electrons. The Kier molecular flexibility index (Phi) is 4.54. The minimum absolute atomic E-state index is 0.00725. The summed E-state index contributed by atoms with van der Waals surface area (Å²) in [5, 5.41) is 0. The lowest BCUT2D eigenvalue weighted by atomic mass is 10.3. The maximum Gasteiger partial charge on any atom is 0.573 e. The molecule has 9 heteroatoms. The summed E-state index contributed by atoms with van der Waals surface area (Å²) in [4.78, 5) is -0.322. The summed E-state index contributed by atoms with van der Waals surface area (Å²) >= 11 is 0. The lowest BCUT2D eigenvalue weighted by Crippen LogP contribution is -2.29. The molecular weight excluding hydrogens is 273 g/mol. The van der Waals surface area contributed by atoms with Crippen molar-refractivity contribution in [3.8, 4) is 5.75 Å². The van der Waals surface area contributed by atoms with E-state index >= 15 is 0 Å². The first-order valence-electron chi connectivity index (χ1n) is 4.80. The lowest BCUT2D eigenvalue weighted by Gasteiger charge is -2.10. The SMILES string of the molecule is NCCNS(=O)(=O)c1cccc(OC(F)(F)F)c1. The van der Waals surface area contributed by atoms with Crippen molar-refractivity contribution in [2.75, 3.05) is 13.1 Å². The molecule has 0 atom stereocenters. The molecule has 0 saturated heterocycles. The van der Waals surface area contributed by atoms with Crippen LogP contribution in [0, 0.1) is 0 Å². The average molecular weight is 284 g/mol. The third-order valence-corrected chi connectivity index (χ3v) is 3.24. The first-order chi connectivity index (χ1) is 8.24. The van der Waals surface area contributed by atoms with Crippen molar-refractivity contribution in [2.45, 2.75) is 11.3 Å². The molecule has 0 aromatic heterocycles. The van der Waals surface area contributed by atoms with Crippen LogP contribution in [0.3, 0.4) is 0 Å². The van der Waals surface area contributed by atoms with Crippen LogP contribution >= 0.6 is 0 Å². The predicted molar refractivity (Wildman–Crippen MR) is 57.4 cm³/mol. The van der Waals surface area contributed by atoms with Gasteiger partial charge in [0.15, 0.2) is 0 Å². The quantitative estimate of drug-likeness (QED) is 0.839. The van der Waals surface area contributed by atoms with E-state index in [0.717, 1.165) is 24.3 Å². The molecule has 0 amide bonds. The van der Waals surface area contributed by atoms with Gasteiger partial charge in [-0.25, -0.2) is 13.1 Å². The minimum atomic E-state index is -4.87. The van der Waals surface area contributed by atoms with Crippen LogP contribution in [-0.2, 0) is 10.0 Å². The van der Waals surface area contributed by atoms with Crippen molar-refractivity contribution in [1.82, 2.24) is 4.72 Å². The number of rotatable bonds is 5. The highest BCUT2D eigenvalue weighted by atomic mass is 32.2. The summed E-state index contributed by atoms with van der Waals surface area (Å²) in [5.74, 6) is -0.599. The normalized spacial score (nSPS) is 12.4. The molecule has 0 fully saturated rings. The monoisotopic (exact) mass is 284 g/mol. The number of alkyl halides is 3. The van der Waals surface area contributed by atoms with Crippen LogP contribution in [0.15, 0.2) is 29.2 Å². The number of hydrogen-bond acceptors (Lipinski definition) is 4. The van der Waals surface area contributed by atoms with Gasteiger partial charge in [0.05, 0.1) is 4.90 Å². The highest BCUT2D eigenvalue weighted by Crippen LogP contribution is 2.24. The molecule has 0 aliphatic rings. The summed E-state index contributed by atoms with van der Waals surface area (Å²) < 4.78 is 64.9. The molecule has 0 heterocycles. The van der Waals surface area contributed by atoms with E-state index in [1.54, 1.807) is 0 Å². The summed E-state index contributed by atoms with van der Waals surface area (Å²) in [6.45, 7) is 0.0741. The lowest BCUT2D eigenvalue weighted by molar-refractivity contribution is -0.274. The largest absolute Gasteiger partial charge is 0.573 e. The van der Waals surface area contributed by atoms with Crippen LogP contribution in [0.2, 0.25) is 0 Å². The molecule has 3 N–H and O–H groups in total. The van der Waals surface area contributed by atoms with Crippen LogP contribution in [-0.4, -0.2) is 27.9 Å².